The fourth-order valence-corrected chi connectivity index (χ4v) is 0.594. The zero-order valence-corrected chi connectivity index (χ0v) is 5.22. The average molecular weight is 114 g/mol. The first-order chi connectivity index (χ1) is 3.80. The number of nitrogens with zero attached hydrogens (tertiary/aromatic N) is 2. The number of hydrogen-bond donors (Lipinski definition) is 0. The Balaban J connectivity index is 2.45. The van der Waals surface area contributed by atoms with Crippen LogP contribution in [0.2, 0.25) is 0 Å². The van der Waals surface area contributed by atoms with Crippen molar-refractivity contribution in [1.29, 1.82) is 0 Å². The molecule has 1 aliphatic heterocycles. The van der Waals surface area contributed by atoms with Crippen molar-refractivity contribution >= 4 is 6.02 Å². The summed E-state index contributed by atoms with van der Waals surface area (Å²) in [7, 11) is 3.84. The molecule has 0 N–H and O–H groups in total. The highest BCUT2D eigenvalue weighted by atomic mass is 16.5. The van der Waals surface area contributed by atoms with Gasteiger partial charge in [-0.15, -0.1) is 0 Å². The van der Waals surface area contributed by atoms with Gasteiger partial charge in [-0.3, -0.25) is 0 Å². The molecule has 46 valence electrons. The van der Waals surface area contributed by atoms with Gasteiger partial charge in [-0.1, -0.05) is 0 Å². The SMILES string of the molecule is CN(C)C1=NCCO1. The van der Waals surface area contributed by atoms with E-state index in [1.807, 2.05) is 19.0 Å². The molecule has 0 bridgehead atoms. The van der Waals surface area contributed by atoms with Crippen LogP contribution in [0.3, 0.4) is 0 Å². The van der Waals surface area contributed by atoms with E-state index < -0.39 is 0 Å². The Kier molecular flexibility index (Phi) is 1.37. The molecule has 3 nitrogen and oxygen atoms in total. The monoisotopic (exact) mass is 114 g/mol. The van der Waals surface area contributed by atoms with Crippen molar-refractivity contribution in [2.24, 2.45) is 4.99 Å². The first-order valence-corrected chi connectivity index (χ1v) is 2.65. The van der Waals surface area contributed by atoms with E-state index >= 15 is 0 Å². The number of ether oxygens (including phenoxy) is 1. The largest absolute Gasteiger partial charge is 0.463 e. The van der Waals surface area contributed by atoms with Crippen LogP contribution in [0.15, 0.2) is 4.99 Å². The topological polar surface area (TPSA) is 24.8 Å². The van der Waals surface area contributed by atoms with Crippen LogP contribution in [0.5, 0.6) is 0 Å². The van der Waals surface area contributed by atoms with Crippen molar-refractivity contribution < 1.29 is 4.74 Å². The zero-order valence-electron chi connectivity index (χ0n) is 5.22. The highest BCUT2D eigenvalue weighted by Gasteiger charge is 2.06. The molecule has 0 fully saturated rings. The molecule has 1 aliphatic rings. The molecule has 0 spiro atoms. The van der Waals surface area contributed by atoms with Crippen LogP contribution in [-0.4, -0.2) is 38.2 Å². The van der Waals surface area contributed by atoms with Crippen molar-refractivity contribution in [3.8, 4) is 0 Å². The van der Waals surface area contributed by atoms with Gasteiger partial charge in [0, 0.05) is 14.1 Å². The normalized spacial score (nSPS) is 17.5. The van der Waals surface area contributed by atoms with E-state index in [4.69, 9.17) is 4.74 Å². The standard InChI is InChI=1S/C5H10N2O/c1-7(2)5-6-3-4-8-5/h3-4H2,1-2H3. The molecule has 1 rings (SSSR count). The van der Waals surface area contributed by atoms with Gasteiger partial charge < -0.3 is 9.64 Å². The van der Waals surface area contributed by atoms with E-state index in [-0.39, 0.29) is 0 Å². The van der Waals surface area contributed by atoms with E-state index in [2.05, 4.69) is 4.99 Å². The molecule has 8 heavy (non-hydrogen) atoms. The first kappa shape index (κ1) is 5.41. The zero-order chi connectivity index (χ0) is 5.98. The second kappa shape index (κ2) is 2.03. The maximum absolute atomic E-state index is 5.09. The Hall–Kier alpha value is -0.730. The molecule has 0 aromatic rings. The molecule has 0 aromatic heterocycles. The number of amidine groups is 1. The summed E-state index contributed by atoms with van der Waals surface area (Å²) in [6.07, 6.45) is 0. The van der Waals surface area contributed by atoms with E-state index in [0.29, 0.717) is 0 Å². The Bertz CT molecular complexity index is 109. The molecule has 0 amide bonds. The number of hydrogen-bond acceptors (Lipinski definition) is 3. The minimum Gasteiger partial charge on any atom is -0.463 e. The predicted octanol–water partition coefficient (Wildman–Crippen LogP) is -0.0658. The van der Waals surface area contributed by atoms with Crippen LogP contribution in [-0.2, 0) is 4.74 Å². The maximum atomic E-state index is 5.09. The summed E-state index contributed by atoms with van der Waals surface area (Å²) in [5.74, 6) is 0. The van der Waals surface area contributed by atoms with Crippen LogP contribution < -0.4 is 0 Å². The number of rotatable bonds is 0. The lowest BCUT2D eigenvalue weighted by atomic mass is 10.8. The minimum absolute atomic E-state index is 0.744. The lowest BCUT2D eigenvalue weighted by Gasteiger charge is -2.09. The summed E-state index contributed by atoms with van der Waals surface area (Å²) in [5.41, 5.74) is 0. The van der Waals surface area contributed by atoms with Crippen LogP contribution in [0.1, 0.15) is 0 Å². The van der Waals surface area contributed by atoms with Crippen molar-refractivity contribution in [2.45, 2.75) is 0 Å². The van der Waals surface area contributed by atoms with Crippen LogP contribution in [0.25, 0.3) is 0 Å². The maximum Gasteiger partial charge on any atom is 0.286 e. The highest BCUT2D eigenvalue weighted by molar-refractivity contribution is 5.74. The van der Waals surface area contributed by atoms with E-state index in [9.17, 15) is 0 Å². The van der Waals surface area contributed by atoms with E-state index in [0.717, 1.165) is 19.2 Å². The molecule has 0 radical (unpaired) electrons. The third kappa shape index (κ3) is 0.911. The van der Waals surface area contributed by atoms with Gasteiger partial charge >= 0.3 is 0 Å². The summed E-state index contributed by atoms with van der Waals surface area (Å²) in [6, 6.07) is 0.755. The molecule has 1 heterocycles. The Morgan fingerprint density at radius 2 is 2.38 bits per heavy atom. The van der Waals surface area contributed by atoms with Crippen molar-refractivity contribution in [2.75, 3.05) is 27.2 Å². The van der Waals surface area contributed by atoms with Crippen molar-refractivity contribution in [1.82, 2.24) is 4.90 Å². The first-order valence-electron chi connectivity index (χ1n) is 2.65. The second-order valence-electron chi connectivity index (χ2n) is 1.91. The van der Waals surface area contributed by atoms with Crippen LogP contribution in [0.4, 0.5) is 0 Å². The lowest BCUT2D eigenvalue weighted by Crippen LogP contribution is -2.21. The molecular weight excluding hydrogens is 104 g/mol. The summed E-state index contributed by atoms with van der Waals surface area (Å²) < 4.78 is 5.09. The molecule has 3 heteroatoms. The molecule has 0 unspecified atom stereocenters. The van der Waals surface area contributed by atoms with Gasteiger partial charge in [-0.05, 0) is 0 Å². The molecule has 0 saturated carbocycles. The quantitative estimate of drug-likeness (QED) is 0.440. The molecule has 0 atom stereocenters. The fourth-order valence-electron chi connectivity index (χ4n) is 0.594. The van der Waals surface area contributed by atoms with Crippen molar-refractivity contribution in [3.05, 3.63) is 0 Å². The average Bonchev–Trinajstić information content (AvgIpc) is 2.12. The summed E-state index contributed by atoms with van der Waals surface area (Å²) in [6.45, 7) is 1.56. The lowest BCUT2D eigenvalue weighted by molar-refractivity contribution is 0.298. The van der Waals surface area contributed by atoms with Crippen LogP contribution >= 0.6 is 0 Å². The summed E-state index contributed by atoms with van der Waals surface area (Å²) >= 11 is 0. The molecular formula is C5H10N2O. The molecule has 0 aromatic carbocycles. The molecule has 0 saturated heterocycles. The van der Waals surface area contributed by atoms with Crippen LogP contribution in [0, 0.1) is 0 Å². The van der Waals surface area contributed by atoms with Gasteiger partial charge in [0.15, 0.2) is 0 Å². The summed E-state index contributed by atoms with van der Waals surface area (Å²) in [5, 5.41) is 0. The van der Waals surface area contributed by atoms with Gasteiger partial charge in [0.25, 0.3) is 6.02 Å². The van der Waals surface area contributed by atoms with Gasteiger partial charge in [0.2, 0.25) is 0 Å². The number of aliphatic imine (C=N–C) groups is 1. The van der Waals surface area contributed by atoms with E-state index in [1.54, 1.807) is 0 Å². The smallest absolute Gasteiger partial charge is 0.286 e. The third-order valence-electron chi connectivity index (χ3n) is 0.952. The fraction of sp³-hybridized carbons (Fsp3) is 0.800. The minimum atomic E-state index is 0.744. The summed E-state index contributed by atoms with van der Waals surface area (Å²) in [4.78, 5) is 5.92. The Morgan fingerprint density at radius 3 is 2.62 bits per heavy atom. The van der Waals surface area contributed by atoms with Gasteiger partial charge in [0.05, 0.1) is 6.54 Å². The predicted molar refractivity (Wildman–Crippen MR) is 31.9 cm³/mol. The molecule has 0 aliphatic carbocycles. The van der Waals surface area contributed by atoms with Gasteiger partial charge in [-0.2, -0.15) is 0 Å². The van der Waals surface area contributed by atoms with Crippen molar-refractivity contribution in [3.63, 3.8) is 0 Å². The third-order valence-corrected chi connectivity index (χ3v) is 0.952. The van der Waals surface area contributed by atoms with Gasteiger partial charge in [-0.25, -0.2) is 4.99 Å². The Labute approximate surface area is 49.0 Å². The second-order valence-corrected chi connectivity index (χ2v) is 1.91. The highest BCUT2D eigenvalue weighted by Crippen LogP contribution is 1.94. The van der Waals surface area contributed by atoms with E-state index in [1.165, 1.54) is 0 Å². The van der Waals surface area contributed by atoms with Gasteiger partial charge in [0.1, 0.15) is 6.61 Å². The Morgan fingerprint density at radius 1 is 1.62 bits per heavy atom.